The number of rotatable bonds is 5. The third-order valence-corrected chi connectivity index (χ3v) is 4.17. The van der Waals surface area contributed by atoms with Crippen molar-refractivity contribution in [3.05, 3.63) is 101 Å². The van der Waals surface area contributed by atoms with Gasteiger partial charge in [-0.25, -0.2) is 0 Å². The molecule has 0 saturated heterocycles. The van der Waals surface area contributed by atoms with Crippen LogP contribution in [-0.4, -0.2) is 18.4 Å². The molecule has 0 aliphatic heterocycles. The fraction of sp³-hybridized carbons (Fsp3) is 0.115. The fourth-order valence-corrected chi connectivity index (χ4v) is 2.75. The smallest absolute Gasteiger partial charge is 0.211 e. The highest BCUT2D eigenvalue weighted by Gasteiger charge is 1.97. The van der Waals surface area contributed by atoms with Crippen molar-refractivity contribution in [3.8, 4) is 11.8 Å². The lowest BCUT2D eigenvalue weighted by Gasteiger charge is -2.02. The van der Waals surface area contributed by atoms with Gasteiger partial charge in [0.2, 0.25) is 6.41 Å². The third-order valence-electron chi connectivity index (χ3n) is 4.17. The van der Waals surface area contributed by atoms with Crippen molar-refractivity contribution in [3.63, 3.8) is 0 Å². The van der Waals surface area contributed by atoms with Gasteiger partial charge < -0.3 is 15.6 Å². The zero-order valence-electron chi connectivity index (χ0n) is 17.4. The van der Waals surface area contributed by atoms with Gasteiger partial charge in [-0.2, -0.15) is 0 Å². The molecule has 0 atom stereocenters. The standard InChI is InChI=1S/C19H20N2.C7H7NO/c1-4-7-17(19-12-13-21-15(19)2)11-10-16-8-5-6-9-18(16)14-20-3;9-6-8-7-4-2-1-3-5-7/h4-9,12-13,20-21H,2,14H2,1,3H3;1-6H,(H,8,9)/b7-4-,19-17+;. The van der Waals surface area contributed by atoms with Crippen LogP contribution in [0.4, 0.5) is 5.69 Å². The van der Waals surface area contributed by atoms with Crippen LogP contribution in [0.3, 0.4) is 0 Å². The quantitative estimate of drug-likeness (QED) is 0.458. The topological polar surface area (TPSA) is 56.9 Å². The highest BCUT2D eigenvalue weighted by Crippen LogP contribution is 2.07. The number of anilines is 1. The summed E-state index contributed by atoms with van der Waals surface area (Å²) < 4.78 is 0. The predicted molar refractivity (Wildman–Crippen MR) is 126 cm³/mol. The lowest BCUT2D eigenvalue weighted by Crippen LogP contribution is -2.22. The zero-order valence-corrected chi connectivity index (χ0v) is 17.4. The van der Waals surface area contributed by atoms with Crippen LogP contribution in [0.25, 0.3) is 12.2 Å². The molecular formula is C26H27N3O. The highest BCUT2D eigenvalue weighted by molar-refractivity contribution is 5.73. The van der Waals surface area contributed by atoms with E-state index in [4.69, 9.17) is 0 Å². The van der Waals surface area contributed by atoms with E-state index in [0.29, 0.717) is 6.41 Å². The van der Waals surface area contributed by atoms with Crippen LogP contribution >= 0.6 is 0 Å². The Morgan fingerprint density at radius 3 is 2.47 bits per heavy atom. The van der Waals surface area contributed by atoms with Gasteiger partial charge in [-0.3, -0.25) is 4.79 Å². The first kappa shape index (κ1) is 22.5. The summed E-state index contributed by atoms with van der Waals surface area (Å²) in [5, 5.41) is 7.63. The molecule has 4 nitrogen and oxygen atoms in total. The van der Waals surface area contributed by atoms with Gasteiger partial charge in [0.25, 0.3) is 0 Å². The van der Waals surface area contributed by atoms with E-state index in [1.54, 1.807) is 0 Å². The van der Waals surface area contributed by atoms with Gasteiger partial charge in [-0.1, -0.05) is 67.0 Å². The summed E-state index contributed by atoms with van der Waals surface area (Å²) in [6.07, 6.45) is 6.56. The van der Waals surface area contributed by atoms with Crippen LogP contribution < -0.4 is 21.2 Å². The second-order valence-corrected chi connectivity index (χ2v) is 6.35. The van der Waals surface area contributed by atoms with Gasteiger partial charge in [0.05, 0.1) is 0 Å². The molecule has 0 unspecified atom stereocenters. The number of carbonyl (C=O) groups is 1. The monoisotopic (exact) mass is 397 g/mol. The molecule has 0 radical (unpaired) electrons. The van der Waals surface area contributed by atoms with E-state index in [2.05, 4.69) is 46.2 Å². The predicted octanol–water partition coefficient (Wildman–Crippen LogP) is 3.18. The van der Waals surface area contributed by atoms with Crippen molar-refractivity contribution in [2.75, 3.05) is 12.4 Å². The molecule has 1 heterocycles. The lowest BCUT2D eigenvalue weighted by atomic mass is 10.1. The molecule has 0 fully saturated rings. The van der Waals surface area contributed by atoms with Crippen LogP contribution in [0.2, 0.25) is 0 Å². The van der Waals surface area contributed by atoms with E-state index >= 15 is 0 Å². The molecule has 0 aliphatic carbocycles. The van der Waals surface area contributed by atoms with E-state index < -0.39 is 0 Å². The molecule has 3 aromatic rings. The minimum atomic E-state index is 0.662. The Morgan fingerprint density at radius 2 is 1.83 bits per heavy atom. The molecule has 0 aliphatic rings. The van der Waals surface area contributed by atoms with E-state index in [9.17, 15) is 4.79 Å². The Balaban J connectivity index is 0.000000297. The molecule has 0 spiro atoms. The normalized spacial score (nSPS) is 11.0. The largest absolute Gasteiger partial charge is 0.362 e. The molecule has 152 valence electrons. The maximum absolute atomic E-state index is 9.86. The SMILES string of the molecule is C=c1[nH]cc/c1=C(C#Cc1ccccc1CNC)/C=C\C.O=CNc1ccccc1. The van der Waals surface area contributed by atoms with Gasteiger partial charge in [-0.15, -0.1) is 0 Å². The van der Waals surface area contributed by atoms with Gasteiger partial charge >= 0.3 is 0 Å². The summed E-state index contributed by atoms with van der Waals surface area (Å²) in [5.41, 5.74) is 4.06. The third kappa shape index (κ3) is 6.97. The van der Waals surface area contributed by atoms with Crippen LogP contribution in [-0.2, 0) is 11.3 Å². The molecule has 1 amide bonds. The minimum Gasteiger partial charge on any atom is -0.362 e. The first-order valence-electron chi connectivity index (χ1n) is 9.68. The molecule has 1 aromatic heterocycles. The fourth-order valence-electron chi connectivity index (χ4n) is 2.75. The van der Waals surface area contributed by atoms with Crippen molar-refractivity contribution < 1.29 is 4.79 Å². The van der Waals surface area contributed by atoms with E-state index in [0.717, 1.165) is 33.9 Å². The summed E-state index contributed by atoms with van der Waals surface area (Å²) in [5.74, 6) is 6.55. The van der Waals surface area contributed by atoms with Crippen molar-refractivity contribution in [2.45, 2.75) is 13.5 Å². The molecule has 30 heavy (non-hydrogen) atoms. The first-order valence-corrected chi connectivity index (χ1v) is 9.68. The second kappa shape index (κ2) is 12.6. The van der Waals surface area contributed by atoms with Crippen LogP contribution in [0.15, 0.2) is 79.0 Å². The van der Waals surface area contributed by atoms with Crippen LogP contribution in [0, 0.1) is 11.8 Å². The summed E-state index contributed by atoms with van der Waals surface area (Å²) in [4.78, 5) is 13.0. The van der Waals surface area contributed by atoms with Crippen molar-refractivity contribution >= 4 is 24.2 Å². The second-order valence-electron chi connectivity index (χ2n) is 6.35. The van der Waals surface area contributed by atoms with Gasteiger partial charge in [0, 0.05) is 40.1 Å². The number of para-hydroxylation sites is 1. The number of H-pyrrole nitrogens is 1. The number of benzene rings is 2. The number of allylic oxidation sites excluding steroid dienone is 2. The Hall–Kier alpha value is -3.81. The van der Waals surface area contributed by atoms with Crippen molar-refractivity contribution in [2.24, 2.45) is 0 Å². The first-order chi connectivity index (χ1) is 14.7. The maximum atomic E-state index is 9.86. The average Bonchev–Trinajstić information content (AvgIpc) is 3.19. The molecule has 0 saturated carbocycles. The number of hydrogen-bond donors (Lipinski definition) is 3. The lowest BCUT2D eigenvalue weighted by molar-refractivity contribution is -0.105. The van der Waals surface area contributed by atoms with Gasteiger partial charge in [0.1, 0.15) is 0 Å². The summed E-state index contributed by atoms with van der Waals surface area (Å²) >= 11 is 0. The van der Waals surface area contributed by atoms with E-state index in [1.165, 1.54) is 5.56 Å². The number of aromatic amines is 1. The van der Waals surface area contributed by atoms with Gasteiger partial charge in [0.15, 0.2) is 0 Å². The summed E-state index contributed by atoms with van der Waals surface area (Å²) in [7, 11) is 1.94. The van der Waals surface area contributed by atoms with Crippen molar-refractivity contribution in [1.29, 1.82) is 0 Å². The molecule has 0 bridgehead atoms. The average molecular weight is 398 g/mol. The summed E-state index contributed by atoms with van der Waals surface area (Å²) in [6, 6.07) is 19.5. The Kier molecular flexibility index (Phi) is 9.45. The zero-order chi connectivity index (χ0) is 21.6. The number of aromatic nitrogens is 1. The Bertz CT molecular complexity index is 1130. The molecular weight excluding hydrogens is 370 g/mol. The maximum Gasteiger partial charge on any atom is 0.211 e. The number of hydrogen-bond acceptors (Lipinski definition) is 2. The molecule has 2 aromatic carbocycles. The number of amides is 1. The van der Waals surface area contributed by atoms with E-state index in [1.807, 2.05) is 80.9 Å². The van der Waals surface area contributed by atoms with Crippen molar-refractivity contribution in [1.82, 2.24) is 10.3 Å². The van der Waals surface area contributed by atoms with Crippen LogP contribution in [0.5, 0.6) is 0 Å². The Labute approximate surface area is 178 Å². The molecule has 3 N–H and O–H groups in total. The number of nitrogens with one attached hydrogen (secondary N) is 3. The highest BCUT2D eigenvalue weighted by atomic mass is 16.1. The Morgan fingerprint density at radius 1 is 1.10 bits per heavy atom. The molecule has 3 rings (SSSR count). The molecule has 4 heteroatoms. The summed E-state index contributed by atoms with van der Waals surface area (Å²) in [6.45, 7) is 6.80. The van der Waals surface area contributed by atoms with Gasteiger partial charge in [-0.05, 0) is 43.8 Å². The minimum absolute atomic E-state index is 0.662. The van der Waals surface area contributed by atoms with E-state index in [-0.39, 0.29) is 0 Å². The number of carbonyl (C=O) groups excluding carboxylic acids is 1. The van der Waals surface area contributed by atoms with Crippen LogP contribution in [0.1, 0.15) is 18.1 Å².